The van der Waals surface area contributed by atoms with Gasteiger partial charge in [0.15, 0.2) is 0 Å². The first-order chi connectivity index (χ1) is 13.5. The summed E-state index contributed by atoms with van der Waals surface area (Å²) in [6.45, 7) is 10.7. The van der Waals surface area contributed by atoms with Crippen molar-refractivity contribution in [1.29, 1.82) is 0 Å². The van der Waals surface area contributed by atoms with Crippen LogP contribution >= 0.6 is 11.3 Å². The summed E-state index contributed by atoms with van der Waals surface area (Å²) in [6, 6.07) is 0.273. The first kappa shape index (κ1) is 19.6. The zero-order chi connectivity index (χ0) is 19.8. The molecule has 4 rings (SSSR count). The lowest BCUT2D eigenvalue weighted by molar-refractivity contribution is 0.0895. The number of carbonyl (C=O) groups is 1. The molecule has 0 bridgehead atoms. The number of anilines is 1. The fraction of sp³-hybridized carbons (Fsp3) is 0.682. The minimum absolute atomic E-state index is 0.0636. The summed E-state index contributed by atoms with van der Waals surface area (Å²) >= 11 is 1.53. The number of thiophene rings is 1. The highest BCUT2D eigenvalue weighted by Gasteiger charge is 2.30. The normalized spacial score (nSPS) is 25.9. The fourth-order valence-corrected chi connectivity index (χ4v) is 5.92. The SMILES string of the molecule is Cc1nc(N2CCCCC2)c2c(C)c(C(=O)N[C@@H]3CCC[C@H](C)[C@H]3C)sc2n1. The molecule has 1 saturated heterocycles. The van der Waals surface area contributed by atoms with Crippen LogP contribution in [0.3, 0.4) is 0 Å². The van der Waals surface area contributed by atoms with Gasteiger partial charge in [0.25, 0.3) is 5.91 Å². The number of aryl methyl sites for hydroxylation is 2. The maximum Gasteiger partial charge on any atom is 0.261 e. The van der Waals surface area contributed by atoms with Gasteiger partial charge >= 0.3 is 0 Å². The molecule has 1 saturated carbocycles. The van der Waals surface area contributed by atoms with Gasteiger partial charge in [-0.1, -0.05) is 26.7 Å². The van der Waals surface area contributed by atoms with Crippen molar-refractivity contribution in [3.8, 4) is 0 Å². The Kier molecular flexibility index (Phi) is 5.59. The van der Waals surface area contributed by atoms with Crippen molar-refractivity contribution < 1.29 is 4.79 Å². The third-order valence-electron chi connectivity index (χ3n) is 6.77. The molecule has 5 nitrogen and oxygen atoms in total. The van der Waals surface area contributed by atoms with Gasteiger partial charge in [-0.15, -0.1) is 11.3 Å². The Morgan fingerprint density at radius 3 is 2.57 bits per heavy atom. The van der Waals surface area contributed by atoms with E-state index >= 15 is 0 Å². The largest absolute Gasteiger partial charge is 0.356 e. The second-order valence-electron chi connectivity index (χ2n) is 8.73. The Morgan fingerprint density at radius 2 is 1.82 bits per heavy atom. The molecular weight excluding hydrogens is 368 g/mol. The molecule has 1 amide bonds. The highest BCUT2D eigenvalue weighted by atomic mass is 32.1. The van der Waals surface area contributed by atoms with Crippen molar-refractivity contribution in [3.63, 3.8) is 0 Å². The molecule has 2 aromatic rings. The van der Waals surface area contributed by atoms with Crippen LogP contribution in [0.15, 0.2) is 0 Å². The van der Waals surface area contributed by atoms with Crippen LogP contribution in [-0.4, -0.2) is 35.0 Å². The zero-order valence-corrected chi connectivity index (χ0v) is 18.4. The van der Waals surface area contributed by atoms with Crippen LogP contribution in [0.2, 0.25) is 0 Å². The topological polar surface area (TPSA) is 58.1 Å². The van der Waals surface area contributed by atoms with E-state index in [1.54, 1.807) is 0 Å². The van der Waals surface area contributed by atoms with Crippen molar-refractivity contribution in [1.82, 2.24) is 15.3 Å². The lowest BCUT2D eigenvalue weighted by Gasteiger charge is -2.34. The third-order valence-corrected chi connectivity index (χ3v) is 7.95. The Morgan fingerprint density at radius 1 is 1.07 bits per heavy atom. The molecule has 152 valence electrons. The van der Waals surface area contributed by atoms with E-state index < -0.39 is 0 Å². The molecule has 0 unspecified atom stereocenters. The monoisotopic (exact) mass is 400 g/mol. The summed E-state index contributed by atoms with van der Waals surface area (Å²) in [5.41, 5.74) is 1.04. The Bertz CT molecular complexity index is 871. The number of amides is 1. The Balaban J connectivity index is 1.66. The molecule has 0 radical (unpaired) electrons. The van der Waals surface area contributed by atoms with E-state index in [1.807, 2.05) is 6.92 Å². The summed E-state index contributed by atoms with van der Waals surface area (Å²) < 4.78 is 0. The van der Waals surface area contributed by atoms with Gasteiger partial charge in [-0.2, -0.15) is 0 Å². The number of hydrogen-bond acceptors (Lipinski definition) is 5. The minimum atomic E-state index is 0.0636. The van der Waals surface area contributed by atoms with Crippen molar-refractivity contribution in [2.45, 2.75) is 72.3 Å². The number of aromatic nitrogens is 2. The predicted octanol–water partition coefficient (Wildman–Crippen LogP) is 4.85. The van der Waals surface area contributed by atoms with Crippen LogP contribution in [-0.2, 0) is 0 Å². The summed E-state index contributed by atoms with van der Waals surface area (Å²) in [7, 11) is 0. The van der Waals surface area contributed by atoms with Gasteiger partial charge in [-0.3, -0.25) is 4.79 Å². The van der Waals surface area contributed by atoms with E-state index in [4.69, 9.17) is 4.98 Å². The minimum Gasteiger partial charge on any atom is -0.356 e. The lowest BCUT2D eigenvalue weighted by atomic mass is 9.78. The molecule has 2 aliphatic rings. The van der Waals surface area contributed by atoms with E-state index in [0.717, 1.165) is 51.8 Å². The second kappa shape index (κ2) is 7.97. The summed E-state index contributed by atoms with van der Waals surface area (Å²) in [5.74, 6) is 3.07. The van der Waals surface area contributed by atoms with Gasteiger partial charge in [-0.25, -0.2) is 9.97 Å². The molecule has 1 aliphatic carbocycles. The van der Waals surface area contributed by atoms with Crippen molar-refractivity contribution in [2.24, 2.45) is 11.8 Å². The first-order valence-electron chi connectivity index (χ1n) is 10.8. The van der Waals surface area contributed by atoms with E-state index in [-0.39, 0.29) is 11.9 Å². The highest BCUT2D eigenvalue weighted by molar-refractivity contribution is 7.20. The summed E-state index contributed by atoms with van der Waals surface area (Å²) in [6.07, 6.45) is 7.25. The fourth-order valence-electron chi connectivity index (χ4n) is 4.79. The van der Waals surface area contributed by atoms with Gasteiger partial charge in [0.2, 0.25) is 0 Å². The van der Waals surface area contributed by atoms with Gasteiger partial charge in [-0.05, 0) is 56.9 Å². The van der Waals surface area contributed by atoms with Crippen molar-refractivity contribution in [3.05, 3.63) is 16.3 Å². The van der Waals surface area contributed by atoms with E-state index in [0.29, 0.717) is 11.8 Å². The number of nitrogens with one attached hydrogen (secondary N) is 1. The number of fused-ring (bicyclic) bond motifs is 1. The van der Waals surface area contributed by atoms with Crippen molar-refractivity contribution in [2.75, 3.05) is 18.0 Å². The molecule has 1 N–H and O–H groups in total. The molecule has 6 heteroatoms. The average Bonchev–Trinajstić information content (AvgIpc) is 3.02. The Hall–Kier alpha value is -1.69. The quantitative estimate of drug-likeness (QED) is 0.800. The molecule has 2 aromatic heterocycles. The Labute approximate surface area is 171 Å². The highest BCUT2D eigenvalue weighted by Crippen LogP contribution is 2.37. The lowest BCUT2D eigenvalue weighted by Crippen LogP contribution is -2.43. The number of nitrogens with zero attached hydrogens (tertiary/aromatic N) is 3. The molecule has 0 aromatic carbocycles. The maximum atomic E-state index is 13.2. The van der Waals surface area contributed by atoms with Crippen LogP contribution in [0, 0.1) is 25.7 Å². The van der Waals surface area contributed by atoms with Crippen LogP contribution in [0.1, 0.15) is 73.4 Å². The summed E-state index contributed by atoms with van der Waals surface area (Å²) in [5, 5.41) is 4.42. The van der Waals surface area contributed by atoms with Crippen LogP contribution < -0.4 is 10.2 Å². The third kappa shape index (κ3) is 3.63. The number of rotatable bonds is 3. The van der Waals surface area contributed by atoms with Gasteiger partial charge < -0.3 is 10.2 Å². The smallest absolute Gasteiger partial charge is 0.261 e. The molecular formula is C22H32N4OS. The van der Waals surface area contributed by atoms with E-state index in [2.05, 4.69) is 36.0 Å². The molecule has 2 fully saturated rings. The summed E-state index contributed by atoms with van der Waals surface area (Å²) in [4.78, 5) is 26.8. The molecule has 0 spiro atoms. The first-order valence-corrected chi connectivity index (χ1v) is 11.6. The van der Waals surface area contributed by atoms with Crippen LogP contribution in [0.25, 0.3) is 10.2 Å². The maximum absolute atomic E-state index is 13.2. The van der Waals surface area contributed by atoms with Crippen molar-refractivity contribution >= 4 is 33.3 Å². The van der Waals surface area contributed by atoms with Gasteiger partial charge in [0.05, 0.1) is 10.3 Å². The van der Waals surface area contributed by atoms with Crippen LogP contribution in [0.4, 0.5) is 5.82 Å². The standard InChI is InChI=1S/C22H32N4OS/c1-13-9-8-10-17(14(13)2)25-21(27)19-15(3)18-20(26-11-6-5-7-12-26)23-16(4)24-22(18)28-19/h13-14,17H,5-12H2,1-4H3,(H,25,27)/t13-,14+,17+/m0/s1. The predicted molar refractivity (Wildman–Crippen MR) is 116 cm³/mol. The van der Waals surface area contributed by atoms with Gasteiger partial charge in [0, 0.05) is 19.1 Å². The second-order valence-corrected chi connectivity index (χ2v) is 9.72. The average molecular weight is 401 g/mol. The number of hydrogen-bond donors (Lipinski definition) is 1. The zero-order valence-electron chi connectivity index (χ0n) is 17.5. The van der Waals surface area contributed by atoms with Crippen LogP contribution in [0.5, 0.6) is 0 Å². The molecule has 3 atom stereocenters. The van der Waals surface area contributed by atoms with E-state index in [1.165, 1.54) is 43.4 Å². The molecule has 28 heavy (non-hydrogen) atoms. The van der Waals surface area contributed by atoms with E-state index in [9.17, 15) is 4.79 Å². The molecule has 1 aliphatic heterocycles. The number of piperidine rings is 1. The molecule has 3 heterocycles. The van der Waals surface area contributed by atoms with Gasteiger partial charge in [0.1, 0.15) is 16.5 Å². The number of carbonyl (C=O) groups excluding carboxylic acids is 1.